The molecule has 2 N–H and O–H groups in total. The number of benzene rings is 1. The zero-order chi connectivity index (χ0) is 20.9. The summed E-state index contributed by atoms with van der Waals surface area (Å²) < 4.78 is 39.7. The molecule has 1 fully saturated rings. The molecular weight excluding hydrogens is 389 g/mol. The summed E-state index contributed by atoms with van der Waals surface area (Å²) in [7, 11) is 0. The highest BCUT2D eigenvalue weighted by Crippen LogP contribution is 2.31. The third kappa shape index (κ3) is 6.26. The van der Waals surface area contributed by atoms with Gasteiger partial charge in [0.15, 0.2) is 0 Å². The fourth-order valence-corrected chi connectivity index (χ4v) is 3.03. The van der Waals surface area contributed by atoms with Crippen molar-refractivity contribution < 1.29 is 27.8 Å². The second-order valence-electron chi connectivity index (χ2n) is 7.11. The van der Waals surface area contributed by atoms with Crippen LogP contribution >= 0.6 is 0 Å². The SMILES string of the molecule is O=C(O)C(F)(F)F.c1ccc(COCC2NCCc3c2nnn3CC2CC2)cc1. The quantitative estimate of drug-likeness (QED) is 0.759. The number of ether oxygens (including phenoxy) is 1. The van der Waals surface area contributed by atoms with Crippen LogP contribution < -0.4 is 5.32 Å². The molecule has 0 radical (unpaired) electrons. The van der Waals surface area contributed by atoms with Crippen molar-refractivity contribution in [1.29, 1.82) is 0 Å². The highest BCUT2D eigenvalue weighted by atomic mass is 19.4. The van der Waals surface area contributed by atoms with E-state index in [4.69, 9.17) is 14.6 Å². The number of aromatic nitrogens is 3. The maximum absolute atomic E-state index is 10.6. The number of carbonyl (C=O) groups is 1. The number of nitrogens with one attached hydrogen (secondary N) is 1. The van der Waals surface area contributed by atoms with E-state index < -0.39 is 12.1 Å². The summed E-state index contributed by atoms with van der Waals surface area (Å²) in [5.41, 5.74) is 3.59. The molecule has 1 saturated carbocycles. The molecule has 0 amide bonds. The molecule has 2 heterocycles. The van der Waals surface area contributed by atoms with Crippen LogP contribution in [0.2, 0.25) is 0 Å². The van der Waals surface area contributed by atoms with Gasteiger partial charge >= 0.3 is 12.1 Å². The first-order valence-corrected chi connectivity index (χ1v) is 9.42. The average Bonchev–Trinajstić information content (AvgIpc) is 3.41. The number of hydrogen-bond acceptors (Lipinski definition) is 5. The Morgan fingerprint density at radius 2 is 1.97 bits per heavy atom. The van der Waals surface area contributed by atoms with Crippen LogP contribution in [0, 0.1) is 5.92 Å². The van der Waals surface area contributed by atoms with Crippen molar-refractivity contribution in [2.45, 2.75) is 44.6 Å². The van der Waals surface area contributed by atoms with E-state index in [0.717, 1.165) is 31.1 Å². The number of hydrogen-bond donors (Lipinski definition) is 2. The standard InChI is InChI=1S/C17H22N4O.C2HF3O2/c1-2-4-14(5-3-1)11-22-12-15-17-16(8-9-18-15)21(20-19-17)10-13-6-7-13;3-2(4,5)1(6)7/h1-5,13,15,18H,6-12H2;(H,6,7). The first kappa shape index (κ1) is 21.3. The number of fused-ring (bicyclic) bond motifs is 1. The molecule has 29 heavy (non-hydrogen) atoms. The van der Waals surface area contributed by atoms with Crippen molar-refractivity contribution in [2.75, 3.05) is 13.2 Å². The van der Waals surface area contributed by atoms with Gasteiger partial charge in [-0.2, -0.15) is 13.2 Å². The lowest BCUT2D eigenvalue weighted by molar-refractivity contribution is -0.192. The zero-order valence-corrected chi connectivity index (χ0v) is 15.7. The van der Waals surface area contributed by atoms with Crippen LogP contribution in [0.5, 0.6) is 0 Å². The lowest BCUT2D eigenvalue weighted by Crippen LogP contribution is -2.33. The van der Waals surface area contributed by atoms with E-state index >= 15 is 0 Å². The molecule has 1 atom stereocenters. The van der Waals surface area contributed by atoms with Gasteiger partial charge in [-0.1, -0.05) is 35.5 Å². The molecule has 10 heteroatoms. The van der Waals surface area contributed by atoms with Crippen LogP contribution in [0.15, 0.2) is 30.3 Å². The summed E-state index contributed by atoms with van der Waals surface area (Å²) in [6, 6.07) is 10.5. The van der Waals surface area contributed by atoms with Crippen molar-refractivity contribution in [1.82, 2.24) is 20.3 Å². The maximum atomic E-state index is 10.6. The van der Waals surface area contributed by atoms with Crippen molar-refractivity contribution in [3.63, 3.8) is 0 Å². The van der Waals surface area contributed by atoms with Crippen LogP contribution in [-0.2, 0) is 29.1 Å². The molecule has 1 aliphatic carbocycles. The van der Waals surface area contributed by atoms with Gasteiger partial charge < -0.3 is 15.2 Å². The smallest absolute Gasteiger partial charge is 0.475 e. The number of carboxylic acids is 1. The first-order chi connectivity index (χ1) is 13.8. The normalized spacial score (nSPS) is 18.5. The third-order valence-corrected chi connectivity index (χ3v) is 4.72. The average molecular weight is 412 g/mol. The first-order valence-electron chi connectivity index (χ1n) is 9.42. The molecular formula is C19H23F3N4O3. The van der Waals surface area contributed by atoms with E-state index in [-0.39, 0.29) is 6.04 Å². The topological polar surface area (TPSA) is 89.3 Å². The molecule has 7 nitrogen and oxygen atoms in total. The lowest BCUT2D eigenvalue weighted by Gasteiger charge is -2.23. The summed E-state index contributed by atoms with van der Waals surface area (Å²) >= 11 is 0. The Morgan fingerprint density at radius 3 is 2.59 bits per heavy atom. The van der Waals surface area contributed by atoms with Crippen LogP contribution in [0.4, 0.5) is 13.2 Å². The Labute approximate surface area is 165 Å². The van der Waals surface area contributed by atoms with Gasteiger partial charge in [0.2, 0.25) is 0 Å². The van der Waals surface area contributed by atoms with Gasteiger partial charge in [-0.15, -0.1) is 5.10 Å². The number of aliphatic carboxylic acids is 1. The minimum Gasteiger partial charge on any atom is -0.475 e. The highest BCUT2D eigenvalue weighted by molar-refractivity contribution is 5.73. The Morgan fingerprint density at radius 1 is 1.28 bits per heavy atom. The van der Waals surface area contributed by atoms with Crippen LogP contribution in [0.3, 0.4) is 0 Å². The second-order valence-corrected chi connectivity index (χ2v) is 7.11. The molecule has 2 aromatic rings. The van der Waals surface area contributed by atoms with Gasteiger partial charge in [-0.3, -0.25) is 0 Å². The number of rotatable bonds is 6. The van der Waals surface area contributed by atoms with E-state index in [2.05, 4.69) is 32.4 Å². The summed E-state index contributed by atoms with van der Waals surface area (Å²) in [4.78, 5) is 8.90. The monoisotopic (exact) mass is 412 g/mol. The number of alkyl halides is 3. The molecule has 1 unspecified atom stereocenters. The number of nitrogens with zero attached hydrogens (tertiary/aromatic N) is 3. The highest BCUT2D eigenvalue weighted by Gasteiger charge is 2.38. The Balaban J connectivity index is 0.000000298. The molecule has 2 aliphatic rings. The zero-order valence-electron chi connectivity index (χ0n) is 15.7. The number of halogens is 3. The fourth-order valence-electron chi connectivity index (χ4n) is 3.03. The molecule has 0 spiro atoms. The van der Waals surface area contributed by atoms with E-state index in [1.54, 1.807) is 0 Å². The van der Waals surface area contributed by atoms with E-state index in [9.17, 15) is 13.2 Å². The van der Waals surface area contributed by atoms with Crippen LogP contribution in [0.1, 0.15) is 35.8 Å². The third-order valence-electron chi connectivity index (χ3n) is 4.72. The minimum atomic E-state index is -5.08. The predicted molar refractivity (Wildman–Crippen MR) is 97.0 cm³/mol. The lowest BCUT2D eigenvalue weighted by atomic mass is 10.1. The largest absolute Gasteiger partial charge is 0.490 e. The van der Waals surface area contributed by atoms with Crippen molar-refractivity contribution >= 4 is 5.97 Å². The molecule has 0 saturated heterocycles. The Hall–Kier alpha value is -2.46. The van der Waals surface area contributed by atoms with Gasteiger partial charge in [0, 0.05) is 19.5 Å². The van der Waals surface area contributed by atoms with Gasteiger partial charge in [-0.05, 0) is 24.3 Å². The van der Waals surface area contributed by atoms with Crippen molar-refractivity contribution in [3.8, 4) is 0 Å². The Kier molecular flexibility index (Phi) is 6.86. The van der Waals surface area contributed by atoms with Crippen molar-refractivity contribution in [2.24, 2.45) is 5.92 Å². The fraction of sp³-hybridized carbons (Fsp3) is 0.526. The molecule has 4 rings (SSSR count). The number of carboxylic acid groups (broad SMARTS) is 1. The summed E-state index contributed by atoms with van der Waals surface area (Å²) in [5.74, 6) is -1.93. The molecule has 1 aromatic heterocycles. The van der Waals surface area contributed by atoms with Gasteiger partial charge in [0.05, 0.1) is 24.9 Å². The van der Waals surface area contributed by atoms with Crippen LogP contribution in [-0.4, -0.2) is 45.4 Å². The summed E-state index contributed by atoms with van der Waals surface area (Å²) in [6.07, 6.45) is -1.38. The van der Waals surface area contributed by atoms with Gasteiger partial charge in [0.25, 0.3) is 0 Å². The van der Waals surface area contributed by atoms with Crippen LogP contribution in [0.25, 0.3) is 0 Å². The van der Waals surface area contributed by atoms with E-state index in [1.165, 1.54) is 24.1 Å². The predicted octanol–water partition coefficient (Wildman–Crippen LogP) is 2.73. The minimum absolute atomic E-state index is 0.167. The van der Waals surface area contributed by atoms with Gasteiger partial charge in [0.1, 0.15) is 5.69 Å². The molecule has 1 aromatic carbocycles. The van der Waals surface area contributed by atoms with Crippen molar-refractivity contribution in [3.05, 3.63) is 47.3 Å². The maximum Gasteiger partial charge on any atom is 0.490 e. The molecule has 0 bridgehead atoms. The van der Waals surface area contributed by atoms with E-state index in [0.29, 0.717) is 13.2 Å². The summed E-state index contributed by atoms with van der Waals surface area (Å²) in [6.45, 7) is 3.30. The van der Waals surface area contributed by atoms with E-state index in [1.807, 2.05) is 18.2 Å². The summed E-state index contributed by atoms with van der Waals surface area (Å²) in [5, 5.41) is 19.4. The molecule has 158 valence electrons. The van der Waals surface area contributed by atoms with Gasteiger partial charge in [-0.25, -0.2) is 9.48 Å². The second kappa shape index (κ2) is 9.36. The Bertz CT molecular complexity index is 807. The molecule has 1 aliphatic heterocycles.